The summed E-state index contributed by atoms with van der Waals surface area (Å²) in [5.41, 5.74) is 0.880. The zero-order chi connectivity index (χ0) is 18.9. The smallest absolute Gasteiger partial charge is 0.244 e. The van der Waals surface area contributed by atoms with Gasteiger partial charge < -0.3 is 19.2 Å². The second kappa shape index (κ2) is 9.24. The van der Waals surface area contributed by atoms with Crippen molar-refractivity contribution in [2.24, 2.45) is 0 Å². The molecule has 1 aromatic carbocycles. The average molecular weight is 364 g/mol. The van der Waals surface area contributed by atoms with Crippen LogP contribution in [0.3, 0.4) is 0 Å². The molecule has 0 unspecified atom stereocenters. The van der Waals surface area contributed by atoms with E-state index < -0.39 is 0 Å². The Morgan fingerprint density at radius 1 is 1.19 bits per heavy atom. The Morgan fingerprint density at radius 3 is 2.74 bits per heavy atom. The average Bonchev–Trinajstić information content (AvgIpc) is 3.20. The minimum absolute atomic E-state index is 0.211. The van der Waals surface area contributed by atoms with Crippen molar-refractivity contribution in [2.45, 2.75) is 13.5 Å². The van der Waals surface area contributed by atoms with Crippen LogP contribution in [0.15, 0.2) is 71.5 Å². The number of hydrogen-bond donors (Lipinski definition) is 1. The Labute approximate surface area is 157 Å². The van der Waals surface area contributed by atoms with Crippen molar-refractivity contribution < 1.29 is 18.7 Å². The molecule has 0 spiro atoms. The number of nitrogens with one attached hydrogen (secondary N) is 1. The molecule has 0 saturated carbocycles. The van der Waals surface area contributed by atoms with Crippen molar-refractivity contribution in [2.75, 3.05) is 6.61 Å². The number of hydrogen-bond acceptors (Lipinski definition) is 5. The Balaban J connectivity index is 1.54. The summed E-state index contributed by atoms with van der Waals surface area (Å²) in [7, 11) is 0. The van der Waals surface area contributed by atoms with Gasteiger partial charge in [0, 0.05) is 24.9 Å². The van der Waals surface area contributed by atoms with Crippen LogP contribution in [0.5, 0.6) is 17.4 Å². The van der Waals surface area contributed by atoms with Crippen molar-refractivity contribution in [1.29, 1.82) is 0 Å². The van der Waals surface area contributed by atoms with Crippen LogP contribution in [-0.2, 0) is 11.3 Å². The van der Waals surface area contributed by atoms with Crippen LogP contribution < -0.4 is 14.8 Å². The fraction of sp³-hybridized carbons (Fsp3) is 0.143. The van der Waals surface area contributed by atoms with E-state index in [1.807, 2.05) is 37.3 Å². The molecule has 6 heteroatoms. The number of pyridine rings is 1. The lowest BCUT2D eigenvalue weighted by atomic mass is 10.2. The number of rotatable bonds is 8. The summed E-state index contributed by atoms with van der Waals surface area (Å²) < 4.78 is 16.3. The van der Waals surface area contributed by atoms with Crippen LogP contribution in [0.4, 0.5) is 0 Å². The molecule has 27 heavy (non-hydrogen) atoms. The molecule has 1 amide bonds. The van der Waals surface area contributed by atoms with Crippen LogP contribution in [-0.4, -0.2) is 17.5 Å². The zero-order valence-electron chi connectivity index (χ0n) is 14.9. The molecule has 0 aliphatic rings. The van der Waals surface area contributed by atoms with E-state index in [1.165, 1.54) is 6.08 Å². The van der Waals surface area contributed by atoms with E-state index in [9.17, 15) is 4.79 Å². The molecule has 6 nitrogen and oxygen atoms in total. The predicted octanol–water partition coefficient (Wildman–Crippen LogP) is 4.20. The number of benzene rings is 1. The first kappa shape index (κ1) is 18.3. The molecule has 0 aliphatic heterocycles. The molecule has 138 valence electrons. The zero-order valence-corrected chi connectivity index (χ0v) is 14.9. The van der Waals surface area contributed by atoms with Gasteiger partial charge in [-0.3, -0.25) is 4.79 Å². The number of nitrogens with zero attached hydrogens (tertiary/aromatic N) is 1. The summed E-state index contributed by atoms with van der Waals surface area (Å²) >= 11 is 0. The Bertz CT molecular complexity index is 887. The largest absolute Gasteiger partial charge is 0.494 e. The molecule has 2 aromatic heterocycles. The van der Waals surface area contributed by atoms with Crippen molar-refractivity contribution in [1.82, 2.24) is 10.3 Å². The third-order valence-corrected chi connectivity index (χ3v) is 3.57. The third-order valence-electron chi connectivity index (χ3n) is 3.57. The highest BCUT2D eigenvalue weighted by molar-refractivity contribution is 5.91. The molecule has 2 heterocycles. The quantitative estimate of drug-likeness (QED) is 0.607. The maximum atomic E-state index is 11.9. The number of carbonyl (C=O) groups is 1. The van der Waals surface area contributed by atoms with E-state index in [0.29, 0.717) is 30.5 Å². The van der Waals surface area contributed by atoms with Gasteiger partial charge in [-0.25, -0.2) is 4.98 Å². The van der Waals surface area contributed by atoms with Gasteiger partial charge in [0.15, 0.2) is 0 Å². The summed E-state index contributed by atoms with van der Waals surface area (Å²) in [4.78, 5) is 16.1. The molecule has 0 radical (unpaired) electrons. The lowest BCUT2D eigenvalue weighted by molar-refractivity contribution is -0.116. The van der Waals surface area contributed by atoms with E-state index in [2.05, 4.69) is 10.3 Å². The van der Waals surface area contributed by atoms with E-state index >= 15 is 0 Å². The van der Waals surface area contributed by atoms with E-state index in [0.717, 1.165) is 11.3 Å². The Hall–Kier alpha value is -3.54. The lowest BCUT2D eigenvalue weighted by Gasteiger charge is -2.08. The molecule has 0 aliphatic carbocycles. The van der Waals surface area contributed by atoms with Crippen LogP contribution >= 0.6 is 0 Å². The van der Waals surface area contributed by atoms with Crippen LogP contribution in [0.2, 0.25) is 0 Å². The molecule has 3 aromatic rings. The van der Waals surface area contributed by atoms with Crippen LogP contribution in [0, 0.1) is 0 Å². The van der Waals surface area contributed by atoms with Gasteiger partial charge in [0.2, 0.25) is 11.8 Å². The second-order valence-corrected chi connectivity index (χ2v) is 5.58. The summed E-state index contributed by atoms with van der Waals surface area (Å²) in [6.07, 6.45) is 6.24. The monoisotopic (exact) mass is 364 g/mol. The highest BCUT2D eigenvalue weighted by Crippen LogP contribution is 2.23. The van der Waals surface area contributed by atoms with Gasteiger partial charge in [-0.2, -0.15) is 0 Å². The predicted molar refractivity (Wildman–Crippen MR) is 102 cm³/mol. The first-order valence-corrected chi connectivity index (χ1v) is 8.58. The van der Waals surface area contributed by atoms with Gasteiger partial charge in [0.05, 0.1) is 12.9 Å². The third kappa shape index (κ3) is 5.74. The highest BCUT2D eigenvalue weighted by Gasteiger charge is 2.03. The molecule has 0 saturated heterocycles. The minimum Gasteiger partial charge on any atom is -0.494 e. The number of aromatic nitrogens is 1. The molecule has 3 rings (SSSR count). The van der Waals surface area contributed by atoms with Gasteiger partial charge in [0.1, 0.15) is 17.3 Å². The Morgan fingerprint density at radius 2 is 2.00 bits per heavy atom. The molecular weight excluding hydrogens is 344 g/mol. The van der Waals surface area contributed by atoms with E-state index in [-0.39, 0.29) is 5.91 Å². The number of carbonyl (C=O) groups excluding carboxylic acids is 1. The Kier molecular flexibility index (Phi) is 6.25. The minimum atomic E-state index is -0.211. The fourth-order valence-electron chi connectivity index (χ4n) is 2.30. The fourth-order valence-corrected chi connectivity index (χ4v) is 2.30. The van der Waals surface area contributed by atoms with Crippen LogP contribution in [0.1, 0.15) is 18.2 Å². The normalized spacial score (nSPS) is 10.7. The summed E-state index contributed by atoms with van der Waals surface area (Å²) in [5.74, 6) is 2.32. The van der Waals surface area contributed by atoms with Gasteiger partial charge in [-0.1, -0.05) is 0 Å². The van der Waals surface area contributed by atoms with Crippen molar-refractivity contribution in [3.05, 3.63) is 78.4 Å². The summed E-state index contributed by atoms with van der Waals surface area (Å²) in [5, 5.41) is 2.81. The molecule has 1 N–H and O–H groups in total. The first-order valence-electron chi connectivity index (χ1n) is 8.58. The van der Waals surface area contributed by atoms with E-state index in [4.69, 9.17) is 13.9 Å². The van der Waals surface area contributed by atoms with Crippen LogP contribution in [0.25, 0.3) is 6.08 Å². The number of furan rings is 1. The molecular formula is C21H20N2O4. The summed E-state index contributed by atoms with van der Waals surface area (Å²) in [6, 6.07) is 14.5. The van der Waals surface area contributed by atoms with Gasteiger partial charge >= 0.3 is 0 Å². The molecule has 0 fully saturated rings. The molecule has 0 bridgehead atoms. The maximum absolute atomic E-state index is 11.9. The van der Waals surface area contributed by atoms with Crippen molar-refractivity contribution >= 4 is 12.0 Å². The topological polar surface area (TPSA) is 73.6 Å². The van der Waals surface area contributed by atoms with Gasteiger partial charge in [-0.15, -0.1) is 0 Å². The molecule has 0 atom stereocenters. The highest BCUT2D eigenvalue weighted by atomic mass is 16.5. The lowest BCUT2D eigenvalue weighted by Crippen LogP contribution is -2.20. The summed E-state index contributed by atoms with van der Waals surface area (Å²) in [6.45, 7) is 2.92. The second-order valence-electron chi connectivity index (χ2n) is 5.58. The van der Waals surface area contributed by atoms with E-state index in [1.54, 1.807) is 36.7 Å². The van der Waals surface area contributed by atoms with Crippen molar-refractivity contribution in [3.63, 3.8) is 0 Å². The number of amides is 1. The SMILES string of the molecule is CCOc1ccc(Oc2cc(CNC(=O)C=Cc3ccco3)ccn2)cc1. The van der Waals surface area contributed by atoms with Gasteiger partial charge in [-0.05, 0) is 61.0 Å². The number of ether oxygens (including phenoxy) is 2. The van der Waals surface area contributed by atoms with Crippen molar-refractivity contribution in [3.8, 4) is 17.4 Å². The van der Waals surface area contributed by atoms with Gasteiger partial charge in [0.25, 0.3) is 0 Å². The standard InChI is InChI=1S/C21H20N2O4/c1-2-25-18-5-7-19(8-6-18)27-21-14-16(11-12-22-21)15-23-20(24)10-9-17-4-3-13-26-17/h3-14H,2,15H2,1H3,(H,23,24). The first-order chi connectivity index (χ1) is 13.2. The maximum Gasteiger partial charge on any atom is 0.244 e.